The lowest BCUT2D eigenvalue weighted by Crippen LogP contribution is -2.51. The summed E-state index contributed by atoms with van der Waals surface area (Å²) >= 11 is 0. The van der Waals surface area contributed by atoms with Crippen molar-refractivity contribution in [2.45, 2.75) is 4.90 Å². The fourth-order valence-electron chi connectivity index (χ4n) is 3.67. The van der Waals surface area contributed by atoms with Gasteiger partial charge in [-0.25, -0.2) is 12.8 Å². The van der Waals surface area contributed by atoms with Crippen LogP contribution in [0.15, 0.2) is 53.4 Å². The van der Waals surface area contributed by atoms with Crippen molar-refractivity contribution in [3.63, 3.8) is 0 Å². The monoisotopic (exact) mass is 491 g/mol. The second-order valence-corrected chi connectivity index (χ2v) is 9.57. The average molecular weight is 491 g/mol. The van der Waals surface area contributed by atoms with Crippen molar-refractivity contribution in [1.29, 1.82) is 0 Å². The number of ether oxygens (including phenoxy) is 2. The molecule has 1 saturated heterocycles. The number of benzene rings is 2. The van der Waals surface area contributed by atoms with Crippen molar-refractivity contribution in [2.75, 3.05) is 50.8 Å². The van der Waals surface area contributed by atoms with Gasteiger partial charge in [0.05, 0.1) is 10.6 Å². The molecule has 0 saturated carbocycles. The Labute approximate surface area is 195 Å². The molecule has 2 aromatic carbocycles. The summed E-state index contributed by atoms with van der Waals surface area (Å²) in [6.07, 6.45) is 0. The standard InChI is InChI=1S/C22H22FN3O7S/c23-16-5-7-17(8-6-16)34(30,31)25-11-9-24(10-12-25)20(27)14-33-22(29)13-26-18-3-1-2-4-19(18)32-15-21(26)28/h1-8H,9-15H2. The summed E-state index contributed by atoms with van der Waals surface area (Å²) in [5.41, 5.74) is 0.445. The van der Waals surface area contributed by atoms with Crippen LogP contribution in [0.3, 0.4) is 0 Å². The molecule has 0 unspecified atom stereocenters. The van der Waals surface area contributed by atoms with Crippen molar-refractivity contribution in [3.05, 3.63) is 54.3 Å². The molecule has 10 nitrogen and oxygen atoms in total. The van der Waals surface area contributed by atoms with E-state index >= 15 is 0 Å². The van der Waals surface area contributed by atoms with E-state index in [4.69, 9.17) is 9.47 Å². The van der Waals surface area contributed by atoms with E-state index in [0.717, 1.165) is 12.1 Å². The highest BCUT2D eigenvalue weighted by Crippen LogP contribution is 2.31. The molecule has 12 heteroatoms. The van der Waals surface area contributed by atoms with E-state index in [1.54, 1.807) is 24.3 Å². The van der Waals surface area contributed by atoms with Crippen LogP contribution in [0, 0.1) is 5.82 Å². The SMILES string of the molecule is O=C(CN1C(=O)COc2ccccc21)OCC(=O)N1CCN(S(=O)(=O)c2ccc(F)cc2)CC1. The van der Waals surface area contributed by atoms with Gasteiger partial charge in [0.15, 0.2) is 13.2 Å². The maximum absolute atomic E-state index is 13.1. The first-order valence-electron chi connectivity index (χ1n) is 10.5. The largest absolute Gasteiger partial charge is 0.482 e. The summed E-state index contributed by atoms with van der Waals surface area (Å²) in [7, 11) is -3.80. The third kappa shape index (κ3) is 5.02. The molecule has 2 amide bonds. The number of hydrogen-bond donors (Lipinski definition) is 0. The number of para-hydroxylation sites is 2. The Morgan fingerprint density at radius 3 is 2.38 bits per heavy atom. The zero-order chi connectivity index (χ0) is 24.3. The Balaban J connectivity index is 1.27. The average Bonchev–Trinajstić information content (AvgIpc) is 2.84. The third-order valence-corrected chi connectivity index (χ3v) is 7.41. The Bertz CT molecular complexity index is 1200. The Kier molecular flexibility index (Phi) is 6.80. The molecule has 0 N–H and O–H groups in total. The summed E-state index contributed by atoms with van der Waals surface area (Å²) in [6.45, 7) is -0.747. The van der Waals surface area contributed by atoms with Crippen LogP contribution in [0.4, 0.5) is 10.1 Å². The number of halogens is 1. The van der Waals surface area contributed by atoms with Gasteiger partial charge in [0.2, 0.25) is 10.0 Å². The Morgan fingerprint density at radius 1 is 1.00 bits per heavy atom. The van der Waals surface area contributed by atoms with Crippen LogP contribution >= 0.6 is 0 Å². The fourth-order valence-corrected chi connectivity index (χ4v) is 5.09. The molecule has 2 aliphatic heterocycles. The van der Waals surface area contributed by atoms with E-state index in [0.29, 0.717) is 11.4 Å². The number of nitrogens with zero attached hydrogens (tertiary/aromatic N) is 3. The predicted molar refractivity (Wildman–Crippen MR) is 117 cm³/mol. The molecule has 34 heavy (non-hydrogen) atoms. The molecule has 0 bridgehead atoms. The molecule has 2 heterocycles. The second kappa shape index (κ2) is 9.77. The van der Waals surface area contributed by atoms with Crippen LogP contribution in [0.25, 0.3) is 0 Å². The summed E-state index contributed by atoms with van der Waals surface area (Å²) < 4.78 is 50.1. The Morgan fingerprint density at radius 2 is 1.68 bits per heavy atom. The van der Waals surface area contributed by atoms with E-state index in [9.17, 15) is 27.2 Å². The number of piperazine rings is 1. The number of rotatable bonds is 6. The van der Waals surface area contributed by atoms with Gasteiger partial charge in [0, 0.05) is 26.2 Å². The number of hydrogen-bond acceptors (Lipinski definition) is 7. The number of esters is 1. The van der Waals surface area contributed by atoms with Crippen LogP contribution < -0.4 is 9.64 Å². The van der Waals surface area contributed by atoms with Gasteiger partial charge in [-0.3, -0.25) is 19.3 Å². The first-order valence-corrected chi connectivity index (χ1v) is 11.9. The number of sulfonamides is 1. The minimum absolute atomic E-state index is 0.0261. The topological polar surface area (TPSA) is 114 Å². The zero-order valence-corrected chi connectivity index (χ0v) is 18.9. The van der Waals surface area contributed by atoms with E-state index < -0.39 is 40.2 Å². The number of carbonyl (C=O) groups is 3. The van der Waals surface area contributed by atoms with E-state index in [2.05, 4.69) is 0 Å². The lowest BCUT2D eigenvalue weighted by atomic mass is 10.2. The summed E-state index contributed by atoms with van der Waals surface area (Å²) in [4.78, 5) is 39.5. The quantitative estimate of drug-likeness (QED) is 0.545. The predicted octanol–water partition coefficient (Wildman–Crippen LogP) is 0.627. The third-order valence-electron chi connectivity index (χ3n) is 5.49. The van der Waals surface area contributed by atoms with Gasteiger partial charge in [0.1, 0.15) is 18.1 Å². The lowest BCUT2D eigenvalue weighted by Gasteiger charge is -2.34. The van der Waals surface area contributed by atoms with Crippen LogP contribution in [0.2, 0.25) is 0 Å². The van der Waals surface area contributed by atoms with Gasteiger partial charge in [-0.05, 0) is 36.4 Å². The summed E-state index contributed by atoms with van der Waals surface area (Å²) in [5, 5.41) is 0. The number of fused-ring (bicyclic) bond motifs is 1. The molecule has 4 rings (SSSR count). The minimum Gasteiger partial charge on any atom is -0.482 e. The van der Waals surface area contributed by atoms with Gasteiger partial charge in [-0.2, -0.15) is 4.31 Å². The van der Waals surface area contributed by atoms with Crippen LogP contribution in [0.5, 0.6) is 5.75 Å². The van der Waals surface area contributed by atoms with Crippen molar-refractivity contribution in [1.82, 2.24) is 9.21 Å². The molecule has 2 aromatic rings. The molecular weight excluding hydrogens is 469 g/mol. The van der Waals surface area contributed by atoms with Crippen molar-refractivity contribution in [3.8, 4) is 5.75 Å². The molecule has 0 atom stereocenters. The number of carbonyl (C=O) groups excluding carboxylic acids is 3. The number of amides is 2. The van der Waals surface area contributed by atoms with Gasteiger partial charge >= 0.3 is 5.97 Å². The van der Waals surface area contributed by atoms with Crippen LogP contribution in [-0.2, 0) is 29.1 Å². The minimum atomic E-state index is -3.80. The van der Waals surface area contributed by atoms with Gasteiger partial charge in [0.25, 0.3) is 11.8 Å². The van der Waals surface area contributed by atoms with E-state index in [-0.39, 0.29) is 44.2 Å². The Hall–Kier alpha value is -3.51. The summed E-state index contributed by atoms with van der Waals surface area (Å²) in [5.74, 6) is -1.69. The van der Waals surface area contributed by atoms with Crippen molar-refractivity contribution >= 4 is 33.5 Å². The molecule has 2 aliphatic rings. The molecule has 0 aromatic heterocycles. The lowest BCUT2D eigenvalue weighted by molar-refractivity contribution is -0.151. The maximum atomic E-state index is 13.1. The molecule has 180 valence electrons. The van der Waals surface area contributed by atoms with Crippen molar-refractivity contribution < 1.29 is 36.7 Å². The number of anilines is 1. The molecular formula is C22H22FN3O7S. The van der Waals surface area contributed by atoms with Crippen LogP contribution in [-0.4, -0.2) is 81.3 Å². The first kappa shape index (κ1) is 23.6. The molecule has 0 radical (unpaired) electrons. The second-order valence-electron chi connectivity index (χ2n) is 7.64. The van der Waals surface area contributed by atoms with Crippen molar-refractivity contribution in [2.24, 2.45) is 0 Å². The first-order chi connectivity index (χ1) is 16.3. The maximum Gasteiger partial charge on any atom is 0.326 e. The normalized spacial score (nSPS) is 16.6. The van der Waals surface area contributed by atoms with E-state index in [1.165, 1.54) is 26.2 Å². The molecule has 1 fully saturated rings. The smallest absolute Gasteiger partial charge is 0.326 e. The van der Waals surface area contributed by atoms with Gasteiger partial charge < -0.3 is 14.4 Å². The van der Waals surface area contributed by atoms with Gasteiger partial charge in [-0.15, -0.1) is 0 Å². The van der Waals surface area contributed by atoms with Gasteiger partial charge in [-0.1, -0.05) is 12.1 Å². The fraction of sp³-hybridized carbons (Fsp3) is 0.318. The van der Waals surface area contributed by atoms with Crippen LogP contribution in [0.1, 0.15) is 0 Å². The molecule has 0 aliphatic carbocycles. The zero-order valence-electron chi connectivity index (χ0n) is 18.1. The highest BCUT2D eigenvalue weighted by molar-refractivity contribution is 7.89. The molecule has 0 spiro atoms. The highest BCUT2D eigenvalue weighted by Gasteiger charge is 2.31. The van der Waals surface area contributed by atoms with E-state index in [1.807, 2.05) is 0 Å². The highest BCUT2D eigenvalue weighted by atomic mass is 32.2. The summed E-state index contributed by atoms with van der Waals surface area (Å²) in [6, 6.07) is 11.3.